The third kappa shape index (κ3) is 2.63. The molecule has 4 atom stereocenters. The standard InChI is InChI=1S/C18H26BrNO/c1-11-15-8-13(18(15,2)3)9-16(11)20-10-12-7-14(19)5-6-17(12)21-4/h5-7,11,13,15-16,20H,8-10H2,1-4H3. The van der Waals surface area contributed by atoms with Gasteiger partial charge in [0.1, 0.15) is 5.75 Å². The molecule has 2 bridgehead atoms. The van der Waals surface area contributed by atoms with E-state index in [9.17, 15) is 0 Å². The number of ether oxygens (including phenoxy) is 1. The highest BCUT2D eigenvalue weighted by molar-refractivity contribution is 9.10. The van der Waals surface area contributed by atoms with Gasteiger partial charge in [0.05, 0.1) is 7.11 Å². The lowest BCUT2D eigenvalue weighted by Crippen LogP contribution is -2.59. The average Bonchev–Trinajstić information content (AvgIpc) is 2.45. The van der Waals surface area contributed by atoms with Crippen LogP contribution in [0.1, 0.15) is 39.2 Å². The van der Waals surface area contributed by atoms with Gasteiger partial charge in [-0.05, 0) is 54.2 Å². The second-order valence-corrected chi connectivity index (χ2v) is 8.31. The average molecular weight is 352 g/mol. The maximum atomic E-state index is 5.47. The highest BCUT2D eigenvalue weighted by atomic mass is 79.9. The second-order valence-electron chi connectivity index (χ2n) is 7.40. The predicted octanol–water partition coefficient (Wildman–Crippen LogP) is 4.62. The zero-order chi connectivity index (χ0) is 15.2. The lowest BCUT2D eigenvalue weighted by Gasteiger charge is -2.62. The summed E-state index contributed by atoms with van der Waals surface area (Å²) in [6.07, 6.45) is 2.76. The quantitative estimate of drug-likeness (QED) is 0.854. The van der Waals surface area contributed by atoms with Crippen molar-refractivity contribution >= 4 is 15.9 Å². The van der Waals surface area contributed by atoms with E-state index in [1.165, 1.54) is 18.4 Å². The first kappa shape index (κ1) is 15.4. The fraction of sp³-hybridized carbons (Fsp3) is 0.667. The summed E-state index contributed by atoms with van der Waals surface area (Å²) in [6.45, 7) is 8.22. The van der Waals surface area contributed by atoms with Crippen molar-refractivity contribution in [3.8, 4) is 5.75 Å². The van der Waals surface area contributed by atoms with Crippen molar-refractivity contribution < 1.29 is 4.74 Å². The van der Waals surface area contributed by atoms with Gasteiger partial charge in [-0.15, -0.1) is 0 Å². The van der Waals surface area contributed by atoms with Gasteiger partial charge in [0.2, 0.25) is 0 Å². The topological polar surface area (TPSA) is 21.3 Å². The molecule has 0 heterocycles. The van der Waals surface area contributed by atoms with Crippen LogP contribution in [0.3, 0.4) is 0 Å². The number of nitrogens with one attached hydrogen (secondary N) is 1. The van der Waals surface area contributed by atoms with Crippen LogP contribution in [-0.2, 0) is 6.54 Å². The van der Waals surface area contributed by atoms with Crippen molar-refractivity contribution in [2.75, 3.05) is 7.11 Å². The van der Waals surface area contributed by atoms with Crippen LogP contribution in [0, 0.1) is 23.2 Å². The molecule has 3 saturated carbocycles. The molecule has 3 aliphatic rings. The van der Waals surface area contributed by atoms with E-state index >= 15 is 0 Å². The van der Waals surface area contributed by atoms with Crippen molar-refractivity contribution in [3.63, 3.8) is 0 Å². The van der Waals surface area contributed by atoms with Gasteiger partial charge in [0, 0.05) is 22.6 Å². The van der Waals surface area contributed by atoms with Crippen LogP contribution in [0.15, 0.2) is 22.7 Å². The van der Waals surface area contributed by atoms with E-state index in [2.05, 4.69) is 48.1 Å². The van der Waals surface area contributed by atoms with Crippen LogP contribution in [0.2, 0.25) is 0 Å². The zero-order valence-electron chi connectivity index (χ0n) is 13.4. The molecule has 3 aliphatic carbocycles. The van der Waals surface area contributed by atoms with Crippen LogP contribution in [-0.4, -0.2) is 13.2 Å². The van der Waals surface area contributed by atoms with E-state index in [1.54, 1.807) is 7.11 Å². The summed E-state index contributed by atoms with van der Waals surface area (Å²) in [7, 11) is 1.74. The van der Waals surface area contributed by atoms with E-state index in [1.807, 2.05) is 12.1 Å². The molecule has 1 aromatic rings. The van der Waals surface area contributed by atoms with Gasteiger partial charge in [-0.2, -0.15) is 0 Å². The first-order chi connectivity index (χ1) is 9.93. The molecule has 4 unspecified atom stereocenters. The Morgan fingerprint density at radius 3 is 2.71 bits per heavy atom. The maximum absolute atomic E-state index is 5.47. The van der Waals surface area contributed by atoms with Crippen LogP contribution in [0.5, 0.6) is 5.75 Å². The molecular formula is C18H26BrNO. The monoisotopic (exact) mass is 351 g/mol. The molecule has 0 spiro atoms. The van der Waals surface area contributed by atoms with Crippen molar-refractivity contribution in [1.29, 1.82) is 0 Å². The highest BCUT2D eigenvalue weighted by Gasteiger charge is 2.55. The van der Waals surface area contributed by atoms with Crippen LogP contribution >= 0.6 is 15.9 Å². The highest BCUT2D eigenvalue weighted by Crippen LogP contribution is 2.61. The molecule has 0 aliphatic heterocycles. The van der Waals surface area contributed by atoms with E-state index in [0.29, 0.717) is 11.5 Å². The lowest BCUT2D eigenvalue weighted by molar-refractivity contribution is -0.115. The van der Waals surface area contributed by atoms with Gasteiger partial charge < -0.3 is 10.1 Å². The number of hydrogen-bond donors (Lipinski definition) is 1. The molecule has 0 radical (unpaired) electrons. The lowest BCUT2D eigenvalue weighted by atomic mass is 9.45. The summed E-state index contributed by atoms with van der Waals surface area (Å²) in [5, 5.41) is 3.79. The zero-order valence-corrected chi connectivity index (χ0v) is 15.0. The molecule has 3 heteroatoms. The molecule has 21 heavy (non-hydrogen) atoms. The molecule has 3 fully saturated rings. The number of methoxy groups -OCH3 is 1. The summed E-state index contributed by atoms with van der Waals surface area (Å²) in [6, 6.07) is 6.87. The largest absolute Gasteiger partial charge is 0.496 e. The number of hydrogen-bond acceptors (Lipinski definition) is 2. The van der Waals surface area contributed by atoms with Crippen molar-refractivity contribution in [2.24, 2.45) is 23.2 Å². The number of fused-ring (bicyclic) bond motifs is 2. The predicted molar refractivity (Wildman–Crippen MR) is 90.5 cm³/mol. The van der Waals surface area contributed by atoms with Gasteiger partial charge in [-0.1, -0.05) is 36.7 Å². The summed E-state index contributed by atoms with van der Waals surface area (Å²) >= 11 is 3.55. The van der Waals surface area contributed by atoms with E-state index in [0.717, 1.165) is 34.5 Å². The Bertz CT molecular complexity index is 528. The van der Waals surface area contributed by atoms with Crippen molar-refractivity contribution in [1.82, 2.24) is 5.32 Å². The van der Waals surface area contributed by atoms with Crippen molar-refractivity contribution in [2.45, 2.75) is 46.2 Å². The summed E-state index contributed by atoms with van der Waals surface area (Å²) in [4.78, 5) is 0. The van der Waals surface area contributed by atoms with Crippen LogP contribution in [0.4, 0.5) is 0 Å². The maximum Gasteiger partial charge on any atom is 0.123 e. The van der Waals surface area contributed by atoms with Gasteiger partial charge in [-0.3, -0.25) is 0 Å². The summed E-state index contributed by atoms with van der Waals surface area (Å²) in [5.74, 6) is 3.53. The first-order valence-corrected chi connectivity index (χ1v) is 8.78. The molecule has 4 rings (SSSR count). The first-order valence-electron chi connectivity index (χ1n) is 7.99. The van der Waals surface area contributed by atoms with Gasteiger partial charge >= 0.3 is 0 Å². The Labute approximate surface area is 136 Å². The number of rotatable bonds is 4. The smallest absolute Gasteiger partial charge is 0.123 e. The normalized spacial score (nSPS) is 33.4. The Morgan fingerprint density at radius 1 is 1.33 bits per heavy atom. The third-order valence-electron chi connectivity index (χ3n) is 6.15. The minimum absolute atomic E-state index is 0.561. The van der Waals surface area contributed by atoms with Crippen LogP contribution in [0.25, 0.3) is 0 Å². The minimum Gasteiger partial charge on any atom is -0.496 e. The van der Waals surface area contributed by atoms with Crippen LogP contribution < -0.4 is 10.1 Å². The second kappa shape index (κ2) is 5.58. The van der Waals surface area contributed by atoms with E-state index < -0.39 is 0 Å². The Morgan fingerprint density at radius 2 is 2.10 bits per heavy atom. The summed E-state index contributed by atoms with van der Waals surface area (Å²) in [5.41, 5.74) is 1.79. The van der Waals surface area contributed by atoms with E-state index in [4.69, 9.17) is 4.74 Å². The Kier molecular flexibility index (Phi) is 4.08. The SMILES string of the molecule is COc1ccc(Br)cc1CNC1CC2CC(C1C)C2(C)C. The Balaban J connectivity index is 1.65. The van der Waals surface area contributed by atoms with E-state index in [-0.39, 0.29) is 0 Å². The fourth-order valence-corrected chi connectivity index (χ4v) is 4.95. The molecule has 116 valence electrons. The molecule has 1 N–H and O–H groups in total. The fourth-order valence-electron chi connectivity index (χ4n) is 4.55. The van der Waals surface area contributed by atoms with Gasteiger partial charge in [0.15, 0.2) is 0 Å². The van der Waals surface area contributed by atoms with Gasteiger partial charge in [-0.25, -0.2) is 0 Å². The van der Waals surface area contributed by atoms with Crippen molar-refractivity contribution in [3.05, 3.63) is 28.2 Å². The molecular weight excluding hydrogens is 326 g/mol. The number of benzene rings is 1. The van der Waals surface area contributed by atoms with Gasteiger partial charge in [0.25, 0.3) is 0 Å². The number of halogens is 1. The molecule has 0 amide bonds. The third-order valence-corrected chi connectivity index (χ3v) is 6.64. The molecule has 1 aromatic carbocycles. The molecule has 0 saturated heterocycles. The molecule has 0 aromatic heterocycles. The Hall–Kier alpha value is -0.540. The summed E-state index contributed by atoms with van der Waals surface area (Å²) < 4.78 is 6.58. The molecule has 2 nitrogen and oxygen atoms in total. The minimum atomic E-state index is 0.561.